The zero-order valence-electron chi connectivity index (χ0n) is 13.1. The van der Waals surface area contributed by atoms with Crippen LogP contribution in [0.2, 0.25) is 5.15 Å². The first-order valence-electron chi connectivity index (χ1n) is 7.03. The molecule has 0 aliphatic heterocycles. The van der Waals surface area contributed by atoms with Gasteiger partial charge in [-0.15, -0.1) is 0 Å². The van der Waals surface area contributed by atoms with Gasteiger partial charge in [0.05, 0.1) is 13.2 Å². The van der Waals surface area contributed by atoms with Crippen LogP contribution in [0.3, 0.4) is 0 Å². The monoisotopic (exact) mass is 329 g/mol. The molecule has 1 heterocycles. The van der Waals surface area contributed by atoms with Crippen LogP contribution in [0.15, 0.2) is 6.20 Å². The molecule has 0 radical (unpaired) electrons. The van der Waals surface area contributed by atoms with Crippen molar-refractivity contribution in [1.82, 2.24) is 9.97 Å². The van der Waals surface area contributed by atoms with Crippen LogP contribution < -0.4 is 5.32 Å². The molecule has 8 heteroatoms. The van der Waals surface area contributed by atoms with E-state index in [1.54, 1.807) is 13.8 Å². The molecule has 0 amide bonds. The maximum absolute atomic E-state index is 11.9. The lowest BCUT2D eigenvalue weighted by molar-refractivity contribution is -0.145. The smallest absolute Gasteiger partial charge is 0.342 e. The predicted octanol–water partition coefficient (Wildman–Crippen LogP) is 2.31. The Morgan fingerprint density at radius 1 is 1.27 bits per heavy atom. The average Bonchev–Trinajstić information content (AvgIpc) is 2.44. The largest absolute Gasteiger partial charge is 0.464 e. The number of halogens is 1. The van der Waals surface area contributed by atoms with Crippen LogP contribution in [0.1, 0.15) is 38.1 Å². The molecule has 0 aliphatic rings. The molecule has 122 valence electrons. The molecule has 7 nitrogen and oxygen atoms in total. The second-order valence-electron chi connectivity index (χ2n) is 4.74. The fourth-order valence-corrected chi connectivity index (χ4v) is 1.85. The van der Waals surface area contributed by atoms with Crippen LogP contribution in [0.4, 0.5) is 5.95 Å². The van der Waals surface area contributed by atoms with Crippen molar-refractivity contribution in [3.63, 3.8) is 0 Å². The van der Waals surface area contributed by atoms with Crippen LogP contribution in [0, 0.1) is 5.92 Å². The van der Waals surface area contributed by atoms with Crippen molar-refractivity contribution in [1.29, 1.82) is 0 Å². The highest BCUT2D eigenvalue weighted by molar-refractivity contribution is 6.32. The van der Waals surface area contributed by atoms with Crippen LogP contribution in [-0.2, 0) is 14.3 Å². The molecule has 0 fully saturated rings. The van der Waals surface area contributed by atoms with Gasteiger partial charge in [0, 0.05) is 6.20 Å². The molecule has 0 saturated heterocycles. The molecule has 1 atom stereocenters. The number of ether oxygens (including phenoxy) is 2. The quantitative estimate of drug-likeness (QED) is 0.606. The van der Waals surface area contributed by atoms with Gasteiger partial charge in [0.2, 0.25) is 5.95 Å². The summed E-state index contributed by atoms with van der Waals surface area (Å²) in [6.45, 7) is 7.67. The van der Waals surface area contributed by atoms with Gasteiger partial charge < -0.3 is 14.8 Å². The molecule has 0 aliphatic carbocycles. The molecule has 22 heavy (non-hydrogen) atoms. The number of rotatable bonds is 7. The standard InChI is InChI=1S/C14H20ClN3O4/c1-5-21-12(19)9-7-16-14(18-11(9)15)17-10(8(3)4)13(20)22-6-2/h7-8,10H,5-6H2,1-4H3,(H,16,17,18)/t10-/m0/s1. The van der Waals surface area contributed by atoms with Gasteiger partial charge in [-0.3, -0.25) is 0 Å². The Labute approximate surface area is 134 Å². The number of esters is 2. The second-order valence-corrected chi connectivity index (χ2v) is 5.09. The van der Waals surface area contributed by atoms with Crippen molar-refractivity contribution in [2.45, 2.75) is 33.7 Å². The third-order valence-corrected chi connectivity index (χ3v) is 3.02. The molecule has 1 rings (SSSR count). The van der Waals surface area contributed by atoms with Crippen molar-refractivity contribution < 1.29 is 19.1 Å². The van der Waals surface area contributed by atoms with Crippen molar-refractivity contribution >= 4 is 29.5 Å². The van der Waals surface area contributed by atoms with Gasteiger partial charge in [0.1, 0.15) is 16.8 Å². The minimum atomic E-state index is -0.607. The summed E-state index contributed by atoms with van der Waals surface area (Å²) in [6.07, 6.45) is 1.26. The van der Waals surface area contributed by atoms with E-state index in [1.165, 1.54) is 6.20 Å². The summed E-state index contributed by atoms with van der Waals surface area (Å²) in [4.78, 5) is 31.5. The summed E-state index contributed by atoms with van der Waals surface area (Å²) < 4.78 is 9.84. The maximum atomic E-state index is 11.9. The average molecular weight is 330 g/mol. The minimum Gasteiger partial charge on any atom is -0.464 e. The molecule has 1 aromatic rings. The van der Waals surface area contributed by atoms with E-state index < -0.39 is 18.0 Å². The third kappa shape index (κ3) is 4.84. The lowest BCUT2D eigenvalue weighted by Gasteiger charge is -2.20. The molecule has 0 aromatic carbocycles. The molecule has 0 saturated carbocycles. The second kappa shape index (κ2) is 8.53. The molecule has 1 aromatic heterocycles. The van der Waals surface area contributed by atoms with Gasteiger partial charge in [-0.25, -0.2) is 19.6 Å². The van der Waals surface area contributed by atoms with Crippen LogP contribution in [0.25, 0.3) is 0 Å². The zero-order valence-corrected chi connectivity index (χ0v) is 13.8. The van der Waals surface area contributed by atoms with Gasteiger partial charge in [-0.1, -0.05) is 25.4 Å². The predicted molar refractivity (Wildman–Crippen MR) is 81.9 cm³/mol. The van der Waals surface area contributed by atoms with E-state index in [4.69, 9.17) is 21.1 Å². The number of hydrogen-bond acceptors (Lipinski definition) is 7. The summed E-state index contributed by atoms with van der Waals surface area (Å²) in [6, 6.07) is -0.607. The van der Waals surface area contributed by atoms with Gasteiger partial charge in [-0.2, -0.15) is 0 Å². The van der Waals surface area contributed by atoms with E-state index in [0.717, 1.165) is 0 Å². The first-order valence-corrected chi connectivity index (χ1v) is 7.41. The number of anilines is 1. The minimum absolute atomic E-state index is 0.0360. The topological polar surface area (TPSA) is 90.4 Å². The van der Waals surface area contributed by atoms with Gasteiger partial charge in [0.15, 0.2) is 0 Å². The highest BCUT2D eigenvalue weighted by Crippen LogP contribution is 2.17. The zero-order chi connectivity index (χ0) is 16.7. The van der Waals surface area contributed by atoms with Crippen LogP contribution in [0.5, 0.6) is 0 Å². The normalized spacial score (nSPS) is 11.9. The fourth-order valence-electron chi connectivity index (χ4n) is 1.65. The Morgan fingerprint density at radius 2 is 1.91 bits per heavy atom. The first-order chi connectivity index (χ1) is 10.4. The summed E-state index contributed by atoms with van der Waals surface area (Å²) in [5, 5.41) is 2.83. The summed E-state index contributed by atoms with van der Waals surface area (Å²) in [5.74, 6) is -0.882. The van der Waals surface area contributed by atoms with Gasteiger partial charge >= 0.3 is 11.9 Å². The number of nitrogens with one attached hydrogen (secondary N) is 1. The summed E-state index contributed by atoms with van der Waals surface area (Å²) in [5.41, 5.74) is 0.0753. The van der Waals surface area contributed by atoms with Crippen molar-refractivity contribution in [2.75, 3.05) is 18.5 Å². The van der Waals surface area contributed by atoms with Crippen molar-refractivity contribution in [3.05, 3.63) is 16.9 Å². The summed E-state index contributed by atoms with van der Waals surface area (Å²) >= 11 is 5.96. The first kappa shape index (κ1) is 18.2. The van der Waals surface area contributed by atoms with Crippen LogP contribution in [-0.4, -0.2) is 41.2 Å². The Hall–Kier alpha value is -1.89. The Morgan fingerprint density at radius 3 is 2.41 bits per heavy atom. The lowest BCUT2D eigenvalue weighted by atomic mass is 10.1. The Kier molecular flexibility index (Phi) is 7.04. The maximum Gasteiger partial charge on any atom is 0.342 e. The number of aromatic nitrogens is 2. The van der Waals surface area contributed by atoms with Gasteiger partial charge in [0.25, 0.3) is 0 Å². The van der Waals surface area contributed by atoms with E-state index in [2.05, 4.69) is 15.3 Å². The fraction of sp³-hybridized carbons (Fsp3) is 0.571. The van der Waals surface area contributed by atoms with Gasteiger partial charge in [-0.05, 0) is 19.8 Å². The molecule has 0 unspecified atom stereocenters. The molecule has 0 bridgehead atoms. The molecular formula is C14H20ClN3O4. The lowest BCUT2D eigenvalue weighted by Crippen LogP contribution is -2.36. The van der Waals surface area contributed by atoms with Crippen molar-refractivity contribution in [2.24, 2.45) is 5.92 Å². The number of carbonyl (C=O) groups is 2. The highest BCUT2D eigenvalue weighted by Gasteiger charge is 2.25. The molecule has 1 N–H and O–H groups in total. The van der Waals surface area contributed by atoms with E-state index >= 15 is 0 Å². The number of hydrogen-bond donors (Lipinski definition) is 1. The van der Waals surface area contributed by atoms with E-state index in [0.29, 0.717) is 0 Å². The summed E-state index contributed by atoms with van der Waals surface area (Å²) in [7, 11) is 0. The molecule has 0 spiro atoms. The Balaban J connectivity index is 2.91. The molecular weight excluding hydrogens is 310 g/mol. The third-order valence-electron chi connectivity index (χ3n) is 2.73. The van der Waals surface area contributed by atoms with E-state index in [9.17, 15) is 9.59 Å². The van der Waals surface area contributed by atoms with Crippen molar-refractivity contribution in [3.8, 4) is 0 Å². The van der Waals surface area contributed by atoms with E-state index in [-0.39, 0.29) is 35.8 Å². The highest BCUT2D eigenvalue weighted by atomic mass is 35.5. The number of nitrogens with zero attached hydrogens (tertiary/aromatic N) is 2. The number of carbonyl (C=O) groups excluding carboxylic acids is 2. The van der Waals surface area contributed by atoms with E-state index in [1.807, 2.05) is 13.8 Å². The van der Waals surface area contributed by atoms with Crippen LogP contribution >= 0.6 is 11.6 Å². The Bertz CT molecular complexity index is 537. The SMILES string of the molecule is CCOC(=O)c1cnc(N[C@H](C(=O)OCC)C(C)C)nc1Cl.